The fourth-order valence-corrected chi connectivity index (χ4v) is 1.58. The minimum Gasteiger partial charge on any atom is -0.247 e. The molecular weight excluding hydrogens is 164 g/mol. The summed E-state index contributed by atoms with van der Waals surface area (Å²) in [5, 5.41) is 5.47. The number of hydrogen-bond acceptors (Lipinski definition) is 3. The number of hydrogen-bond donors (Lipinski definition) is 0. The molecule has 68 valence electrons. The van der Waals surface area contributed by atoms with Crippen LogP contribution in [0.5, 0.6) is 0 Å². The minimum atomic E-state index is 0.848. The Kier molecular flexibility index (Phi) is 1.76. The Labute approximate surface area is 76.6 Å². The second-order valence-electron chi connectivity index (χ2n) is 3.06. The van der Waals surface area contributed by atoms with Crippen molar-refractivity contribution in [1.82, 2.24) is 19.7 Å². The molecule has 0 saturated heterocycles. The van der Waals surface area contributed by atoms with E-state index in [1.54, 1.807) is 6.33 Å². The summed E-state index contributed by atoms with van der Waals surface area (Å²) in [5.41, 5.74) is 2.95. The van der Waals surface area contributed by atoms with Gasteiger partial charge in [-0.2, -0.15) is 5.10 Å². The predicted molar refractivity (Wildman–Crippen MR) is 50.5 cm³/mol. The van der Waals surface area contributed by atoms with Gasteiger partial charge in [0, 0.05) is 6.54 Å². The molecule has 4 nitrogen and oxygen atoms in total. The smallest absolute Gasteiger partial charge is 0.161 e. The van der Waals surface area contributed by atoms with E-state index < -0.39 is 0 Å². The molecule has 2 rings (SSSR count). The number of fused-ring (bicyclic) bond motifs is 1. The van der Waals surface area contributed by atoms with Crippen molar-refractivity contribution >= 4 is 11.0 Å². The van der Waals surface area contributed by atoms with Crippen LogP contribution in [-0.4, -0.2) is 19.7 Å². The van der Waals surface area contributed by atoms with E-state index in [0.717, 1.165) is 29.0 Å². The summed E-state index contributed by atoms with van der Waals surface area (Å²) in [4.78, 5) is 8.37. The van der Waals surface area contributed by atoms with Crippen LogP contribution >= 0.6 is 0 Å². The Morgan fingerprint density at radius 3 is 2.69 bits per heavy atom. The number of nitrogens with zero attached hydrogens (tertiary/aromatic N) is 4. The predicted octanol–water partition coefficient (Wildman–Crippen LogP) is 1.46. The van der Waals surface area contributed by atoms with E-state index in [1.165, 1.54) is 0 Å². The van der Waals surface area contributed by atoms with Gasteiger partial charge in [-0.3, -0.25) is 0 Å². The Morgan fingerprint density at radius 2 is 2.00 bits per heavy atom. The summed E-state index contributed by atoms with van der Waals surface area (Å²) in [6.45, 7) is 6.88. The highest BCUT2D eigenvalue weighted by atomic mass is 15.3. The molecule has 0 aliphatic heterocycles. The summed E-state index contributed by atoms with van der Waals surface area (Å²) in [7, 11) is 0. The van der Waals surface area contributed by atoms with Gasteiger partial charge in [0.15, 0.2) is 5.65 Å². The van der Waals surface area contributed by atoms with Gasteiger partial charge in [0.1, 0.15) is 6.33 Å². The average Bonchev–Trinajstić information content (AvgIpc) is 2.44. The first kappa shape index (κ1) is 8.16. The summed E-state index contributed by atoms with van der Waals surface area (Å²) < 4.78 is 1.90. The minimum absolute atomic E-state index is 0.848. The van der Waals surface area contributed by atoms with Gasteiger partial charge in [0.05, 0.1) is 16.8 Å². The van der Waals surface area contributed by atoms with Crippen LogP contribution in [0.1, 0.15) is 18.3 Å². The molecule has 13 heavy (non-hydrogen) atoms. The molecule has 0 aliphatic carbocycles. The standard InChI is InChI=1S/C9H12N4/c1-4-13-9-8(7(3)12-13)6(2)10-5-11-9/h5H,4H2,1-3H3. The normalized spacial score (nSPS) is 11.0. The molecule has 2 aromatic rings. The van der Waals surface area contributed by atoms with Gasteiger partial charge in [-0.05, 0) is 20.8 Å². The van der Waals surface area contributed by atoms with E-state index in [9.17, 15) is 0 Å². The van der Waals surface area contributed by atoms with Crippen LogP contribution in [0.3, 0.4) is 0 Å². The second kappa shape index (κ2) is 2.80. The van der Waals surface area contributed by atoms with Gasteiger partial charge < -0.3 is 0 Å². The molecule has 0 N–H and O–H groups in total. The molecule has 0 unspecified atom stereocenters. The van der Waals surface area contributed by atoms with E-state index in [-0.39, 0.29) is 0 Å². The number of aryl methyl sites for hydroxylation is 3. The molecule has 2 heterocycles. The van der Waals surface area contributed by atoms with Crippen molar-refractivity contribution in [2.45, 2.75) is 27.3 Å². The lowest BCUT2D eigenvalue weighted by molar-refractivity contribution is 0.669. The molecule has 0 fully saturated rings. The fraction of sp³-hybridized carbons (Fsp3) is 0.444. The number of aromatic nitrogens is 4. The fourth-order valence-electron chi connectivity index (χ4n) is 1.58. The molecular formula is C9H12N4. The monoisotopic (exact) mass is 176 g/mol. The first-order chi connectivity index (χ1) is 6.24. The molecule has 0 spiro atoms. The maximum atomic E-state index is 4.38. The van der Waals surface area contributed by atoms with Crippen LogP contribution in [0, 0.1) is 13.8 Å². The molecule has 0 amide bonds. The maximum Gasteiger partial charge on any atom is 0.161 e. The Morgan fingerprint density at radius 1 is 1.23 bits per heavy atom. The first-order valence-electron chi connectivity index (χ1n) is 4.38. The molecule has 0 saturated carbocycles. The molecule has 0 bridgehead atoms. The van der Waals surface area contributed by atoms with Crippen LogP contribution in [0.25, 0.3) is 11.0 Å². The summed E-state index contributed by atoms with van der Waals surface area (Å²) >= 11 is 0. The highest BCUT2D eigenvalue weighted by molar-refractivity contribution is 5.80. The van der Waals surface area contributed by atoms with Crippen LogP contribution in [-0.2, 0) is 6.54 Å². The van der Waals surface area contributed by atoms with Crippen molar-refractivity contribution in [2.24, 2.45) is 0 Å². The Balaban J connectivity index is 2.87. The van der Waals surface area contributed by atoms with Crippen LogP contribution in [0.15, 0.2) is 6.33 Å². The van der Waals surface area contributed by atoms with Gasteiger partial charge in [-0.15, -0.1) is 0 Å². The lowest BCUT2D eigenvalue weighted by Crippen LogP contribution is -1.97. The number of rotatable bonds is 1. The van der Waals surface area contributed by atoms with E-state index in [0.29, 0.717) is 0 Å². The largest absolute Gasteiger partial charge is 0.247 e. The molecule has 0 aliphatic rings. The van der Waals surface area contributed by atoms with Gasteiger partial charge in [0.2, 0.25) is 0 Å². The topological polar surface area (TPSA) is 43.6 Å². The van der Waals surface area contributed by atoms with Crippen molar-refractivity contribution in [3.05, 3.63) is 17.7 Å². The average molecular weight is 176 g/mol. The zero-order valence-electron chi connectivity index (χ0n) is 8.07. The van der Waals surface area contributed by atoms with Crippen molar-refractivity contribution in [3.8, 4) is 0 Å². The molecule has 2 aromatic heterocycles. The quantitative estimate of drug-likeness (QED) is 0.660. The van der Waals surface area contributed by atoms with Crippen molar-refractivity contribution < 1.29 is 0 Å². The lowest BCUT2D eigenvalue weighted by Gasteiger charge is -1.96. The zero-order chi connectivity index (χ0) is 9.42. The first-order valence-corrected chi connectivity index (χ1v) is 4.38. The van der Waals surface area contributed by atoms with E-state index in [2.05, 4.69) is 22.0 Å². The molecule has 0 radical (unpaired) electrons. The SMILES string of the molecule is CCn1nc(C)c2c(C)ncnc21. The van der Waals surface area contributed by atoms with Gasteiger partial charge in [-0.25, -0.2) is 14.6 Å². The van der Waals surface area contributed by atoms with Crippen LogP contribution in [0.4, 0.5) is 0 Å². The lowest BCUT2D eigenvalue weighted by atomic mass is 10.2. The van der Waals surface area contributed by atoms with E-state index >= 15 is 0 Å². The second-order valence-corrected chi connectivity index (χ2v) is 3.06. The van der Waals surface area contributed by atoms with Crippen molar-refractivity contribution in [3.63, 3.8) is 0 Å². The van der Waals surface area contributed by atoms with E-state index in [4.69, 9.17) is 0 Å². The van der Waals surface area contributed by atoms with Gasteiger partial charge in [-0.1, -0.05) is 0 Å². The van der Waals surface area contributed by atoms with E-state index in [1.807, 2.05) is 18.5 Å². The van der Waals surface area contributed by atoms with Crippen LogP contribution in [0.2, 0.25) is 0 Å². The van der Waals surface area contributed by atoms with Gasteiger partial charge >= 0.3 is 0 Å². The Bertz CT molecular complexity index is 444. The maximum absolute atomic E-state index is 4.38. The summed E-state index contributed by atoms with van der Waals surface area (Å²) in [6.07, 6.45) is 1.59. The summed E-state index contributed by atoms with van der Waals surface area (Å²) in [6, 6.07) is 0. The van der Waals surface area contributed by atoms with Crippen molar-refractivity contribution in [2.75, 3.05) is 0 Å². The third kappa shape index (κ3) is 1.09. The van der Waals surface area contributed by atoms with Crippen molar-refractivity contribution in [1.29, 1.82) is 0 Å². The zero-order valence-corrected chi connectivity index (χ0v) is 8.07. The highest BCUT2D eigenvalue weighted by Crippen LogP contribution is 2.17. The highest BCUT2D eigenvalue weighted by Gasteiger charge is 2.09. The van der Waals surface area contributed by atoms with Crippen LogP contribution < -0.4 is 0 Å². The molecule has 0 atom stereocenters. The third-order valence-electron chi connectivity index (χ3n) is 2.19. The molecule has 4 heteroatoms. The summed E-state index contributed by atoms with van der Waals surface area (Å²) in [5.74, 6) is 0. The third-order valence-corrected chi connectivity index (χ3v) is 2.19. The Hall–Kier alpha value is -1.45. The van der Waals surface area contributed by atoms with Gasteiger partial charge in [0.25, 0.3) is 0 Å². The molecule has 0 aromatic carbocycles.